The van der Waals surface area contributed by atoms with Crippen LogP contribution in [0.25, 0.3) is 6.08 Å². The van der Waals surface area contributed by atoms with E-state index in [1.165, 1.54) is 0 Å². The van der Waals surface area contributed by atoms with Crippen LogP contribution in [0.3, 0.4) is 0 Å². The highest BCUT2D eigenvalue weighted by molar-refractivity contribution is 5.64. The second-order valence-electron chi connectivity index (χ2n) is 4.61. The quantitative estimate of drug-likeness (QED) is 0.828. The van der Waals surface area contributed by atoms with Gasteiger partial charge in [-0.3, -0.25) is 4.98 Å². The fourth-order valence-electron chi connectivity index (χ4n) is 1.54. The zero-order chi connectivity index (χ0) is 14.3. The van der Waals surface area contributed by atoms with Gasteiger partial charge >= 0.3 is 6.09 Å². The molecule has 2 N–H and O–H groups in total. The molecule has 1 heterocycles. The van der Waals surface area contributed by atoms with Crippen LogP contribution in [-0.2, 0) is 0 Å². The van der Waals surface area contributed by atoms with Crippen LogP contribution in [0.2, 0.25) is 0 Å². The number of carboxylic acid groups (broad SMARTS) is 1. The maximum atomic E-state index is 10.4. The van der Waals surface area contributed by atoms with Crippen LogP contribution in [0.5, 0.6) is 5.75 Å². The summed E-state index contributed by atoms with van der Waals surface area (Å²) in [6.07, 6.45) is 6.96. The second-order valence-corrected chi connectivity index (χ2v) is 4.61. The number of nitrogens with zero attached hydrogens (tertiary/aromatic N) is 1. The Hall–Kier alpha value is -2.04. The Balaban J connectivity index is 2.54. The van der Waals surface area contributed by atoms with E-state index in [1.54, 1.807) is 12.4 Å². The normalized spacial score (nSPS) is 12.6. The van der Waals surface area contributed by atoms with Crippen molar-refractivity contribution >= 4 is 12.2 Å². The number of hydrogen-bond acceptors (Lipinski definition) is 3. The van der Waals surface area contributed by atoms with Crippen LogP contribution in [0.4, 0.5) is 4.79 Å². The first-order valence-corrected chi connectivity index (χ1v) is 6.25. The van der Waals surface area contributed by atoms with Gasteiger partial charge < -0.3 is 15.2 Å². The van der Waals surface area contributed by atoms with Crippen LogP contribution in [0.1, 0.15) is 32.8 Å². The van der Waals surface area contributed by atoms with Crippen LogP contribution in [-0.4, -0.2) is 28.3 Å². The minimum Gasteiger partial charge on any atom is -0.489 e. The predicted octanol–water partition coefficient (Wildman–Crippen LogP) is 2.93. The number of carbonyl (C=O) groups is 1. The summed E-state index contributed by atoms with van der Waals surface area (Å²) < 4.78 is 5.55. The van der Waals surface area contributed by atoms with Gasteiger partial charge in [-0.15, -0.1) is 0 Å². The zero-order valence-electron chi connectivity index (χ0n) is 11.5. The molecule has 19 heavy (non-hydrogen) atoms. The standard InChI is InChI=1S/C14H20N2O3/c1-10(2)19-13-7-12(8-15-9-13)6-4-5-11(3)16-14(17)18/h4,6-11,16H,5H2,1-3H3,(H,17,18)/b6-4+. The number of aromatic nitrogens is 1. The number of pyridine rings is 1. The van der Waals surface area contributed by atoms with E-state index in [4.69, 9.17) is 9.84 Å². The van der Waals surface area contributed by atoms with E-state index >= 15 is 0 Å². The third-order valence-electron chi connectivity index (χ3n) is 2.28. The zero-order valence-corrected chi connectivity index (χ0v) is 11.5. The molecule has 0 aliphatic heterocycles. The van der Waals surface area contributed by atoms with Crippen molar-refractivity contribution in [3.8, 4) is 5.75 Å². The summed E-state index contributed by atoms with van der Waals surface area (Å²) in [5.74, 6) is 0.730. The maximum Gasteiger partial charge on any atom is 0.404 e. The van der Waals surface area contributed by atoms with E-state index in [2.05, 4.69) is 10.3 Å². The van der Waals surface area contributed by atoms with E-state index in [1.807, 2.05) is 39.0 Å². The summed E-state index contributed by atoms with van der Waals surface area (Å²) in [6.45, 7) is 5.73. The van der Waals surface area contributed by atoms with Crippen LogP contribution >= 0.6 is 0 Å². The second kappa shape index (κ2) is 7.41. The fourth-order valence-corrected chi connectivity index (χ4v) is 1.54. The predicted molar refractivity (Wildman–Crippen MR) is 74.3 cm³/mol. The van der Waals surface area contributed by atoms with Crippen LogP contribution in [0.15, 0.2) is 24.5 Å². The molecule has 0 saturated carbocycles. The third kappa shape index (κ3) is 6.45. The molecule has 0 aromatic carbocycles. The van der Waals surface area contributed by atoms with Crippen LogP contribution < -0.4 is 10.1 Å². The van der Waals surface area contributed by atoms with Gasteiger partial charge in [-0.25, -0.2) is 4.79 Å². The van der Waals surface area contributed by atoms with Crippen molar-refractivity contribution in [2.45, 2.75) is 39.3 Å². The molecule has 1 aromatic heterocycles. The molecule has 0 saturated heterocycles. The van der Waals surface area contributed by atoms with Gasteiger partial charge in [0.1, 0.15) is 5.75 Å². The molecule has 0 fully saturated rings. The van der Waals surface area contributed by atoms with Crippen molar-refractivity contribution in [3.05, 3.63) is 30.1 Å². The Morgan fingerprint density at radius 3 is 2.84 bits per heavy atom. The molecule has 1 atom stereocenters. The molecule has 1 rings (SSSR count). The lowest BCUT2D eigenvalue weighted by Crippen LogP contribution is -2.30. The van der Waals surface area contributed by atoms with Gasteiger partial charge in [0.25, 0.3) is 0 Å². The summed E-state index contributed by atoms with van der Waals surface area (Å²) >= 11 is 0. The van der Waals surface area contributed by atoms with E-state index in [-0.39, 0.29) is 12.1 Å². The number of ether oxygens (including phenoxy) is 1. The van der Waals surface area contributed by atoms with Gasteiger partial charge in [-0.05, 0) is 38.8 Å². The fraction of sp³-hybridized carbons (Fsp3) is 0.429. The summed E-state index contributed by atoms with van der Waals surface area (Å²) in [6, 6.07) is 1.79. The van der Waals surface area contributed by atoms with Crippen molar-refractivity contribution in [1.82, 2.24) is 10.3 Å². The van der Waals surface area contributed by atoms with E-state index < -0.39 is 6.09 Å². The number of amides is 1. The summed E-state index contributed by atoms with van der Waals surface area (Å²) in [5, 5.41) is 11.0. The first-order valence-electron chi connectivity index (χ1n) is 6.25. The Morgan fingerprint density at radius 1 is 1.47 bits per heavy atom. The molecule has 0 spiro atoms. The first-order chi connectivity index (χ1) is 8.97. The molecule has 5 heteroatoms. The van der Waals surface area contributed by atoms with Gasteiger partial charge in [0, 0.05) is 12.2 Å². The van der Waals surface area contributed by atoms with Crippen LogP contribution in [0, 0.1) is 0 Å². The summed E-state index contributed by atoms with van der Waals surface area (Å²) in [5.41, 5.74) is 0.931. The Bertz CT molecular complexity index is 444. The molecule has 0 aliphatic rings. The third-order valence-corrected chi connectivity index (χ3v) is 2.28. The highest BCUT2D eigenvalue weighted by Gasteiger charge is 2.02. The number of nitrogens with one attached hydrogen (secondary N) is 1. The molecule has 0 aliphatic carbocycles. The Morgan fingerprint density at radius 2 is 2.21 bits per heavy atom. The minimum atomic E-state index is -1.00. The average Bonchev–Trinajstić information content (AvgIpc) is 2.27. The average molecular weight is 264 g/mol. The number of hydrogen-bond donors (Lipinski definition) is 2. The van der Waals surface area contributed by atoms with Gasteiger partial charge in [-0.2, -0.15) is 0 Å². The molecular formula is C14H20N2O3. The molecular weight excluding hydrogens is 244 g/mol. The monoisotopic (exact) mass is 264 g/mol. The van der Waals surface area contributed by atoms with Gasteiger partial charge in [0.2, 0.25) is 0 Å². The molecule has 104 valence electrons. The summed E-state index contributed by atoms with van der Waals surface area (Å²) in [7, 11) is 0. The smallest absolute Gasteiger partial charge is 0.404 e. The van der Waals surface area contributed by atoms with E-state index in [9.17, 15) is 4.79 Å². The number of rotatable bonds is 6. The molecule has 1 aromatic rings. The Labute approximate surface area is 113 Å². The van der Waals surface area contributed by atoms with Gasteiger partial charge in [0.05, 0.1) is 12.3 Å². The molecule has 1 amide bonds. The first kappa shape index (κ1) is 15.0. The lowest BCUT2D eigenvalue weighted by molar-refractivity contribution is 0.191. The van der Waals surface area contributed by atoms with E-state index in [0.717, 1.165) is 11.3 Å². The SMILES string of the molecule is CC(C/C=C/c1cncc(OC(C)C)c1)NC(=O)O. The molecule has 1 unspecified atom stereocenters. The lowest BCUT2D eigenvalue weighted by atomic mass is 10.2. The molecule has 0 bridgehead atoms. The highest BCUT2D eigenvalue weighted by atomic mass is 16.5. The highest BCUT2D eigenvalue weighted by Crippen LogP contribution is 2.14. The largest absolute Gasteiger partial charge is 0.489 e. The van der Waals surface area contributed by atoms with Gasteiger partial charge in [-0.1, -0.05) is 12.2 Å². The molecule has 0 radical (unpaired) electrons. The lowest BCUT2D eigenvalue weighted by Gasteiger charge is -2.09. The van der Waals surface area contributed by atoms with Crippen molar-refractivity contribution in [2.24, 2.45) is 0 Å². The Kier molecular flexibility index (Phi) is 5.85. The summed E-state index contributed by atoms with van der Waals surface area (Å²) in [4.78, 5) is 14.5. The van der Waals surface area contributed by atoms with Crippen molar-refractivity contribution in [3.63, 3.8) is 0 Å². The minimum absolute atomic E-state index is 0.112. The van der Waals surface area contributed by atoms with E-state index in [0.29, 0.717) is 6.42 Å². The topological polar surface area (TPSA) is 71.5 Å². The molecule has 5 nitrogen and oxygen atoms in total. The van der Waals surface area contributed by atoms with Crippen molar-refractivity contribution in [2.75, 3.05) is 0 Å². The maximum absolute atomic E-state index is 10.4. The van der Waals surface area contributed by atoms with Crippen molar-refractivity contribution < 1.29 is 14.6 Å². The van der Waals surface area contributed by atoms with Gasteiger partial charge in [0.15, 0.2) is 0 Å². The van der Waals surface area contributed by atoms with Crippen molar-refractivity contribution in [1.29, 1.82) is 0 Å².